The summed E-state index contributed by atoms with van der Waals surface area (Å²) < 4.78 is 2.23. The van der Waals surface area contributed by atoms with Crippen LogP contribution in [0.5, 0.6) is 0 Å². The molecule has 72 valence electrons. The van der Waals surface area contributed by atoms with Crippen LogP contribution in [0.2, 0.25) is 0 Å². The van der Waals surface area contributed by atoms with Gasteiger partial charge in [-0.25, -0.2) is 0 Å². The van der Waals surface area contributed by atoms with Crippen molar-refractivity contribution in [2.75, 3.05) is 0 Å². The van der Waals surface area contributed by atoms with Crippen LogP contribution >= 0.6 is 11.5 Å². The first kappa shape index (κ1) is 9.41. The average molecular weight is 204 g/mol. The Kier molecular flexibility index (Phi) is 2.64. The summed E-state index contributed by atoms with van der Waals surface area (Å²) in [6.07, 6.45) is 3.34. The fourth-order valence-electron chi connectivity index (χ4n) is 1.51. The lowest BCUT2D eigenvalue weighted by atomic mass is 10.2. The highest BCUT2D eigenvalue weighted by atomic mass is 32.1. The number of para-hydroxylation sites is 1. The molecule has 2 rings (SSSR count). The smallest absolute Gasteiger partial charge is 0.102 e. The predicted molar refractivity (Wildman–Crippen MR) is 60.0 cm³/mol. The Balaban J connectivity index is 2.43. The van der Waals surface area contributed by atoms with E-state index in [0.717, 1.165) is 6.42 Å². The van der Waals surface area contributed by atoms with E-state index in [4.69, 9.17) is 0 Å². The summed E-state index contributed by atoms with van der Waals surface area (Å²) in [6, 6.07) is 10.5. The van der Waals surface area contributed by atoms with Crippen molar-refractivity contribution in [1.29, 1.82) is 0 Å². The Hall–Kier alpha value is -1.15. The first-order valence-electron chi connectivity index (χ1n) is 4.88. The number of nitrogens with zero attached hydrogens (tertiary/aromatic N) is 1. The van der Waals surface area contributed by atoms with Crippen molar-refractivity contribution >= 4 is 11.5 Å². The van der Waals surface area contributed by atoms with Crippen molar-refractivity contribution < 1.29 is 3.96 Å². The molecule has 1 aromatic heterocycles. The summed E-state index contributed by atoms with van der Waals surface area (Å²) in [6.45, 7) is 4.38. The predicted octanol–water partition coefficient (Wildman–Crippen LogP) is 2.90. The Morgan fingerprint density at radius 2 is 1.93 bits per heavy atom. The molecule has 0 amide bonds. The molecule has 0 fully saturated rings. The van der Waals surface area contributed by atoms with Gasteiger partial charge in [-0.2, -0.15) is 0 Å². The van der Waals surface area contributed by atoms with Gasteiger partial charge in [-0.1, -0.05) is 25.1 Å². The standard InChI is InChI=1S/C12H14NS/c1-3-11-9-13(14-10(11)2)12-7-5-4-6-8-12/h4-9H,3H2,1-2H3/q+1. The van der Waals surface area contributed by atoms with E-state index in [9.17, 15) is 0 Å². The number of aryl methyl sites for hydroxylation is 2. The van der Waals surface area contributed by atoms with Crippen molar-refractivity contribution in [3.63, 3.8) is 0 Å². The van der Waals surface area contributed by atoms with E-state index < -0.39 is 0 Å². The highest BCUT2D eigenvalue weighted by Crippen LogP contribution is 2.13. The van der Waals surface area contributed by atoms with E-state index in [1.165, 1.54) is 16.1 Å². The molecule has 0 N–H and O–H groups in total. The summed E-state index contributed by atoms with van der Waals surface area (Å²) in [5.41, 5.74) is 2.69. The molecule has 0 unspecified atom stereocenters. The number of aromatic nitrogens is 1. The maximum Gasteiger partial charge on any atom is 0.224 e. The average Bonchev–Trinajstić information content (AvgIpc) is 2.61. The van der Waals surface area contributed by atoms with Crippen LogP contribution in [0.3, 0.4) is 0 Å². The van der Waals surface area contributed by atoms with Crippen LogP contribution < -0.4 is 3.96 Å². The molecule has 0 aliphatic rings. The zero-order valence-electron chi connectivity index (χ0n) is 8.53. The summed E-state index contributed by atoms with van der Waals surface area (Å²) in [4.78, 5) is 1.41. The second-order valence-corrected chi connectivity index (χ2v) is 4.51. The van der Waals surface area contributed by atoms with Gasteiger partial charge in [0.2, 0.25) is 5.69 Å². The van der Waals surface area contributed by atoms with Crippen molar-refractivity contribution in [2.45, 2.75) is 20.3 Å². The number of hydrogen-bond acceptors (Lipinski definition) is 1. The third-order valence-electron chi connectivity index (χ3n) is 2.35. The molecule has 0 aliphatic heterocycles. The van der Waals surface area contributed by atoms with Gasteiger partial charge in [-0.05, 0) is 13.3 Å². The fraction of sp³-hybridized carbons (Fsp3) is 0.250. The van der Waals surface area contributed by atoms with Gasteiger partial charge in [0.05, 0.1) is 4.88 Å². The van der Waals surface area contributed by atoms with E-state index in [-0.39, 0.29) is 0 Å². The van der Waals surface area contributed by atoms with Crippen molar-refractivity contribution in [3.05, 3.63) is 47.0 Å². The fourth-order valence-corrected chi connectivity index (χ4v) is 2.52. The van der Waals surface area contributed by atoms with Crippen molar-refractivity contribution in [3.8, 4) is 5.69 Å². The molecule has 1 nitrogen and oxygen atoms in total. The zero-order chi connectivity index (χ0) is 9.97. The van der Waals surface area contributed by atoms with Gasteiger partial charge in [0.15, 0.2) is 6.20 Å². The quantitative estimate of drug-likeness (QED) is 0.662. The highest BCUT2D eigenvalue weighted by Gasteiger charge is 2.13. The number of rotatable bonds is 2. The Bertz CT molecular complexity index is 417. The van der Waals surface area contributed by atoms with Gasteiger partial charge < -0.3 is 0 Å². The SMILES string of the molecule is CCc1c[n+](-c2ccccc2)sc1C. The number of hydrogen-bond donors (Lipinski definition) is 0. The lowest BCUT2D eigenvalue weighted by Gasteiger charge is -1.86. The van der Waals surface area contributed by atoms with Crippen LogP contribution in [-0.4, -0.2) is 0 Å². The van der Waals surface area contributed by atoms with Gasteiger partial charge in [0.25, 0.3) is 0 Å². The molecule has 0 atom stereocenters. The molecule has 0 aliphatic carbocycles. The lowest BCUT2D eigenvalue weighted by Crippen LogP contribution is -2.23. The molecule has 0 spiro atoms. The zero-order valence-corrected chi connectivity index (χ0v) is 9.34. The maximum atomic E-state index is 2.23. The molecule has 1 heterocycles. The molecule has 0 radical (unpaired) electrons. The van der Waals surface area contributed by atoms with Crippen LogP contribution in [0.1, 0.15) is 17.4 Å². The summed E-state index contributed by atoms with van der Waals surface area (Å²) in [5, 5.41) is 0. The number of benzene rings is 1. The molecular formula is C12H14NS+. The third-order valence-corrected chi connectivity index (χ3v) is 3.40. The second kappa shape index (κ2) is 3.93. The highest BCUT2D eigenvalue weighted by molar-refractivity contribution is 7.02. The van der Waals surface area contributed by atoms with E-state index in [1.54, 1.807) is 0 Å². The van der Waals surface area contributed by atoms with Crippen LogP contribution in [-0.2, 0) is 6.42 Å². The van der Waals surface area contributed by atoms with Crippen molar-refractivity contribution in [2.24, 2.45) is 0 Å². The normalized spacial score (nSPS) is 10.4. The molecule has 0 saturated carbocycles. The second-order valence-electron chi connectivity index (χ2n) is 3.32. The lowest BCUT2D eigenvalue weighted by molar-refractivity contribution is -0.520. The summed E-state index contributed by atoms with van der Waals surface area (Å²) in [7, 11) is 0. The Morgan fingerprint density at radius 1 is 1.21 bits per heavy atom. The van der Waals surface area contributed by atoms with Crippen molar-refractivity contribution in [1.82, 2.24) is 0 Å². The van der Waals surface area contributed by atoms with E-state index in [2.05, 4.69) is 48.3 Å². The molecule has 14 heavy (non-hydrogen) atoms. The van der Waals surface area contributed by atoms with Gasteiger partial charge in [-0.3, -0.25) is 0 Å². The van der Waals surface area contributed by atoms with Gasteiger partial charge >= 0.3 is 0 Å². The third kappa shape index (κ3) is 1.70. The minimum Gasteiger partial charge on any atom is -0.102 e. The van der Waals surface area contributed by atoms with Crippen LogP contribution in [0, 0.1) is 6.92 Å². The first-order valence-corrected chi connectivity index (χ1v) is 5.65. The Labute approximate surface area is 88.8 Å². The Morgan fingerprint density at radius 3 is 2.50 bits per heavy atom. The topological polar surface area (TPSA) is 3.88 Å². The largest absolute Gasteiger partial charge is 0.224 e. The molecule has 0 bridgehead atoms. The molecule has 2 aromatic rings. The molecule has 2 heteroatoms. The van der Waals surface area contributed by atoms with Crippen LogP contribution in [0.15, 0.2) is 36.5 Å². The van der Waals surface area contributed by atoms with Gasteiger partial charge in [0, 0.05) is 17.7 Å². The molecular weight excluding hydrogens is 190 g/mol. The summed E-state index contributed by atoms with van der Waals surface area (Å²) in [5.74, 6) is 0. The molecule has 0 saturated heterocycles. The van der Waals surface area contributed by atoms with Gasteiger partial charge in [0.1, 0.15) is 11.5 Å². The van der Waals surface area contributed by atoms with Crippen LogP contribution in [0.25, 0.3) is 5.69 Å². The van der Waals surface area contributed by atoms with E-state index in [1.807, 2.05) is 17.6 Å². The van der Waals surface area contributed by atoms with E-state index in [0.29, 0.717) is 0 Å². The molecule has 1 aromatic carbocycles. The van der Waals surface area contributed by atoms with E-state index >= 15 is 0 Å². The summed E-state index contributed by atoms with van der Waals surface area (Å²) >= 11 is 1.81. The minimum absolute atomic E-state index is 1.11. The maximum absolute atomic E-state index is 2.23. The van der Waals surface area contributed by atoms with Gasteiger partial charge in [-0.15, -0.1) is 3.96 Å². The monoisotopic (exact) mass is 204 g/mol. The first-order chi connectivity index (χ1) is 6.81. The minimum atomic E-state index is 1.11. The van der Waals surface area contributed by atoms with Crippen LogP contribution in [0.4, 0.5) is 0 Å².